The van der Waals surface area contributed by atoms with Gasteiger partial charge < -0.3 is 10.3 Å². The van der Waals surface area contributed by atoms with Crippen molar-refractivity contribution in [3.05, 3.63) is 64.1 Å². The van der Waals surface area contributed by atoms with E-state index >= 15 is 0 Å². The predicted octanol–water partition coefficient (Wildman–Crippen LogP) is 1.77. The standard InChI is InChI=1S/C17H17N5O3S.2ClH/c18-26(24,25)22-13-7-10-1-2-12(8-11(10)9-13)20-15-5-6-19-17-14(15)3-4-16(23)21-17;;/h1-6,8,13,22H,7,9H2,(H2,18,24,25)(H2,19,20,21,23);2*1H. The molecule has 0 aliphatic heterocycles. The second kappa shape index (κ2) is 8.46. The predicted molar refractivity (Wildman–Crippen MR) is 114 cm³/mol. The van der Waals surface area contributed by atoms with Crippen LogP contribution in [0.2, 0.25) is 0 Å². The Kier molecular flexibility index (Phi) is 6.68. The molecule has 28 heavy (non-hydrogen) atoms. The monoisotopic (exact) mass is 443 g/mol. The number of anilines is 2. The largest absolute Gasteiger partial charge is 0.355 e. The number of hydrogen-bond acceptors (Lipinski definition) is 5. The molecular formula is C17H19Cl2N5O3S. The average Bonchev–Trinajstić information content (AvgIpc) is 2.94. The molecule has 11 heteroatoms. The third-order valence-electron chi connectivity index (χ3n) is 4.38. The molecule has 0 radical (unpaired) electrons. The van der Waals surface area contributed by atoms with Gasteiger partial charge in [0.1, 0.15) is 5.65 Å². The maximum Gasteiger partial charge on any atom is 0.274 e. The molecule has 1 aliphatic carbocycles. The number of nitrogens with two attached hydrogens (primary N) is 1. The molecule has 8 nitrogen and oxygen atoms in total. The van der Waals surface area contributed by atoms with E-state index in [-0.39, 0.29) is 36.4 Å². The highest BCUT2D eigenvalue weighted by atomic mass is 35.5. The Morgan fingerprint density at radius 2 is 1.82 bits per heavy atom. The summed E-state index contributed by atoms with van der Waals surface area (Å²) in [5.74, 6) is 0. The van der Waals surface area contributed by atoms with Crippen molar-refractivity contribution in [2.24, 2.45) is 5.14 Å². The van der Waals surface area contributed by atoms with Crippen LogP contribution in [0.5, 0.6) is 0 Å². The first-order chi connectivity index (χ1) is 12.4. The summed E-state index contributed by atoms with van der Waals surface area (Å²) in [6.07, 6.45) is 2.83. The molecular weight excluding hydrogens is 425 g/mol. The summed E-state index contributed by atoms with van der Waals surface area (Å²) in [7, 11) is -3.71. The summed E-state index contributed by atoms with van der Waals surface area (Å²) in [5.41, 5.74) is 4.18. The maximum atomic E-state index is 11.4. The second-order valence-corrected chi connectivity index (χ2v) is 7.65. The van der Waals surface area contributed by atoms with Gasteiger partial charge >= 0.3 is 0 Å². The van der Waals surface area contributed by atoms with Crippen molar-refractivity contribution in [3.63, 3.8) is 0 Å². The van der Waals surface area contributed by atoms with E-state index in [4.69, 9.17) is 5.14 Å². The number of aromatic amines is 1. The molecule has 5 N–H and O–H groups in total. The molecule has 0 saturated heterocycles. The molecule has 1 unspecified atom stereocenters. The van der Waals surface area contributed by atoms with Gasteiger partial charge in [0.05, 0.1) is 5.69 Å². The normalized spacial score (nSPS) is 15.4. The van der Waals surface area contributed by atoms with Crippen molar-refractivity contribution in [1.82, 2.24) is 14.7 Å². The van der Waals surface area contributed by atoms with Crippen LogP contribution >= 0.6 is 24.8 Å². The zero-order chi connectivity index (χ0) is 18.3. The van der Waals surface area contributed by atoms with Crippen molar-refractivity contribution in [3.8, 4) is 0 Å². The molecule has 0 fully saturated rings. The smallest absolute Gasteiger partial charge is 0.274 e. The molecule has 0 bridgehead atoms. The lowest BCUT2D eigenvalue weighted by Gasteiger charge is -2.10. The SMILES string of the molecule is Cl.Cl.NS(=O)(=O)NC1Cc2ccc(Nc3ccnc4[nH]c(=O)ccc34)cc2C1. The maximum absolute atomic E-state index is 11.4. The minimum absolute atomic E-state index is 0. The summed E-state index contributed by atoms with van der Waals surface area (Å²) in [6.45, 7) is 0. The van der Waals surface area contributed by atoms with Gasteiger partial charge in [-0.25, -0.2) is 10.1 Å². The Hall–Kier alpha value is -2.17. The number of H-pyrrole nitrogens is 1. The third kappa shape index (κ3) is 4.81. The van der Waals surface area contributed by atoms with E-state index in [2.05, 4.69) is 20.0 Å². The first kappa shape index (κ1) is 22.1. The van der Waals surface area contributed by atoms with Crippen LogP contribution in [0.4, 0.5) is 11.4 Å². The fourth-order valence-corrected chi connectivity index (χ4v) is 3.97. The van der Waals surface area contributed by atoms with E-state index in [0.29, 0.717) is 18.5 Å². The minimum atomic E-state index is -3.71. The molecule has 1 atom stereocenters. The van der Waals surface area contributed by atoms with Crippen LogP contribution < -0.4 is 20.7 Å². The molecule has 4 rings (SSSR count). The van der Waals surface area contributed by atoms with E-state index < -0.39 is 10.2 Å². The molecule has 2 heterocycles. The molecule has 150 valence electrons. The highest BCUT2D eigenvalue weighted by Gasteiger charge is 2.24. The van der Waals surface area contributed by atoms with Crippen LogP contribution in [0.25, 0.3) is 11.0 Å². The van der Waals surface area contributed by atoms with Gasteiger partial charge in [0.15, 0.2) is 0 Å². The zero-order valence-electron chi connectivity index (χ0n) is 14.5. The number of aromatic nitrogens is 2. The number of rotatable bonds is 4. The lowest BCUT2D eigenvalue weighted by molar-refractivity contribution is 0.557. The summed E-state index contributed by atoms with van der Waals surface area (Å²) in [4.78, 5) is 18.3. The minimum Gasteiger partial charge on any atom is -0.355 e. The lowest BCUT2D eigenvalue weighted by Crippen LogP contribution is -2.39. The molecule has 0 spiro atoms. The Morgan fingerprint density at radius 1 is 1.07 bits per heavy atom. The van der Waals surface area contributed by atoms with Crippen molar-refractivity contribution in [1.29, 1.82) is 0 Å². The molecule has 1 aliphatic rings. The Morgan fingerprint density at radius 3 is 2.57 bits per heavy atom. The Balaban J connectivity index is 0.00000140. The third-order valence-corrected chi connectivity index (χ3v) is 5.04. The first-order valence-corrected chi connectivity index (χ1v) is 9.59. The summed E-state index contributed by atoms with van der Waals surface area (Å²) in [5, 5.41) is 9.20. The van der Waals surface area contributed by atoms with Gasteiger partial charge in [-0.3, -0.25) is 4.79 Å². The zero-order valence-corrected chi connectivity index (χ0v) is 17.0. The lowest BCUT2D eigenvalue weighted by atomic mass is 10.1. The topological polar surface area (TPSA) is 130 Å². The van der Waals surface area contributed by atoms with Crippen molar-refractivity contribution < 1.29 is 8.42 Å². The molecule has 2 aromatic heterocycles. The highest BCUT2D eigenvalue weighted by molar-refractivity contribution is 7.87. The summed E-state index contributed by atoms with van der Waals surface area (Å²) < 4.78 is 24.9. The fraction of sp³-hybridized carbons (Fsp3) is 0.176. The number of halogens is 2. The van der Waals surface area contributed by atoms with Gasteiger partial charge in [-0.15, -0.1) is 24.8 Å². The number of fused-ring (bicyclic) bond motifs is 2. The van der Waals surface area contributed by atoms with Gasteiger partial charge in [0, 0.05) is 29.4 Å². The van der Waals surface area contributed by atoms with E-state index in [9.17, 15) is 13.2 Å². The van der Waals surface area contributed by atoms with Gasteiger partial charge in [-0.05, 0) is 48.2 Å². The van der Waals surface area contributed by atoms with Gasteiger partial charge in [-0.1, -0.05) is 6.07 Å². The van der Waals surface area contributed by atoms with Crippen molar-refractivity contribution in [2.75, 3.05) is 5.32 Å². The van der Waals surface area contributed by atoms with E-state index in [1.165, 1.54) is 6.07 Å². The van der Waals surface area contributed by atoms with Crippen LogP contribution in [-0.2, 0) is 23.1 Å². The highest BCUT2D eigenvalue weighted by Crippen LogP contribution is 2.29. The first-order valence-electron chi connectivity index (χ1n) is 8.04. The van der Waals surface area contributed by atoms with Gasteiger partial charge in [0.25, 0.3) is 10.2 Å². The van der Waals surface area contributed by atoms with Crippen molar-refractivity contribution >= 4 is 57.4 Å². The molecule has 0 amide bonds. The Bertz CT molecular complexity index is 1170. The van der Waals surface area contributed by atoms with Crippen LogP contribution in [0, 0.1) is 0 Å². The van der Waals surface area contributed by atoms with Gasteiger partial charge in [-0.2, -0.15) is 13.1 Å². The van der Waals surface area contributed by atoms with E-state index in [0.717, 1.165) is 27.9 Å². The van der Waals surface area contributed by atoms with Crippen LogP contribution in [0.3, 0.4) is 0 Å². The molecule has 3 aromatic rings. The number of hydrogen-bond donors (Lipinski definition) is 4. The number of nitrogens with one attached hydrogen (secondary N) is 3. The van der Waals surface area contributed by atoms with Crippen LogP contribution in [-0.4, -0.2) is 24.4 Å². The Labute approximate surface area is 174 Å². The van der Waals surface area contributed by atoms with E-state index in [1.807, 2.05) is 24.3 Å². The second-order valence-electron chi connectivity index (χ2n) is 6.32. The average molecular weight is 444 g/mol. The molecule has 1 aromatic carbocycles. The number of pyridine rings is 2. The number of benzene rings is 1. The fourth-order valence-electron chi connectivity index (χ4n) is 3.33. The number of nitrogens with zero attached hydrogens (tertiary/aromatic N) is 1. The van der Waals surface area contributed by atoms with Crippen LogP contribution in [0.1, 0.15) is 11.1 Å². The van der Waals surface area contributed by atoms with Crippen molar-refractivity contribution in [2.45, 2.75) is 18.9 Å². The van der Waals surface area contributed by atoms with Gasteiger partial charge in [0.2, 0.25) is 5.56 Å². The summed E-state index contributed by atoms with van der Waals surface area (Å²) in [6, 6.07) is 10.7. The summed E-state index contributed by atoms with van der Waals surface area (Å²) >= 11 is 0. The quantitative estimate of drug-likeness (QED) is 0.487. The molecule has 0 saturated carbocycles. The van der Waals surface area contributed by atoms with Crippen LogP contribution in [0.15, 0.2) is 47.4 Å². The van der Waals surface area contributed by atoms with E-state index in [1.54, 1.807) is 12.3 Å².